The molecule has 0 bridgehead atoms. The van der Waals surface area contributed by atoms with Gasteiger partial charge in [0.25, 0.3) is 0 Å². The Labute approximate surface area is 84.5 Å². The summed E-state index contributed by atoms with van der Waals surface area (Å²) in [5.74, 6) is 1.40. The Kier molecular flexibility index (Phi) is 2.70. The Balaban J connectivity index is 2.07. The SMILES string of the molecule is CCc1c(N)nnn1CC1CCCC1. The fraction of sp³-hybridized carbons (Fsp3) is 0.800. The standard InChI is InChI=1S/C10H18N4/c1-2-9-10(11)12-13-14(9)7-8-5-3-4-6-8/h8H,2-7,11H2,1H3. The second kappa shape index (κ2) is 3.98. The Hall–Kier alpha value is -1.06. The third kappa shape index (κ3) is 1.74. The van der Waals surface area contributed by atoms with Gasteiger partial charge in [-0.05, 0) is 25.2 Å². The zero-order chi connectivity index (χ0) is 9.97. The predicted molar refractivity (Wildman–Crippen MR) is 55.8 cm³/mol. The highest BCUT2D eigenvalue weighted by Gasteiger charge is 2.18. The van der Waals surface area contributed by atoms with E-state index >= 15 is 0 Å². The first-order valence-electron chi connectivity index (χ1n) is 5.49. The highest BCUT2D eigenvalue weighted by molar-refractivity contribution is 5.32. The molecule has 1 aromatic heterocycles. The van der Waals surface area contributed by atoms with Crippen LogP contribution in [0.1, 0.15) is 38.3 Å². The van der Waals surface area contributed by atoms with Crippen LogP contribution < -0.4 is 5.73 Å². The van der Waals surface area contributed by atoms with E-state index in [0.717, 1.165) is 24.6 Å². The van der Waals surface area contributed by atoms with Crippen molar-refractivity contribution in [2.75, 3.05) is 5.73 Å². The van der Waals surface area contributed by atoms with Crippen molar-refractivity contribution < 1.29 is 0 Å². The number of hydrogen-bond donors (Lipinski definition) is 1. The van der Waals surface area contributed by atoms with Gasteiger partial charge in [-0.2, -0.15) is 0 Å². The van der Waals surface area contributed by atoms with Gasteiger partial charge in [0.2, 0.25) is 0 Å². The van der Waals surface area contributed by atoms with Crippen LogP contribution >= 0.6 is 0 Å². The summed E-state index contributed by atoms with van der Waals surface area (Å²) in [6.45, 7) is 3.10. The van der Waals surface area contributed by atoms with Gasteiger partial charge in [0, 0.05) is 6.54 Å². The highest BCUT2D eigenvalue weighted by atomic mass is 15.4. The molecule has 0 amide bonds. The average Bonchev–Trinajstić information content (AvgIpc) is 2.77. The molecule has 0 saturated heterocycles. The van der Waals surface area contributed by atoms with Crippen LogP contribution in [0.25, 0.3) is 0 Å². The van der Waals surface area contributed by atoms with E-state index < -0.39 is 0 Å². The van der Waals surface area contributed by atoms with Crippen LogP contribution in [0.15, 0.2) is 0 Å². The van der Waals surface area contributed by atoms with E-state index in [1.165, 1.54) is 25.7 Å². The molecule has 78 valence electrons. The Bertz CT molecular complexity index is 299. The van der Waals surface area contributed by atoms with E-state index in [4.69, 9.17) is 5.73 Å². The van der Waals surface area contributed by atoms with Crippen molar-refractivity contribution in [3.05, 3.63) is 5.69 Å². The summed E-state index contributed by atoms with van der Waals surface area (Å²) in [6, 6.07) is 0. The second-order valence-electron chi connectivity index (χ2n) is 4.11. The first kappa shape index (κ1) is 9.49. The van der Waals surface area contributed by atoms with Gasteiger partial charge in [0.1, 0.15) is 0 Å². The number of nitrogens with zero attached hydrogens (tertiary/aromatic N) is 3. The molecule has 1 aliphatic rings. The molecule has 0 unspecified atom stereocenters. The molecule has 1 fully saturated rings. The van der Waals surface area contributed by atoms with Crippen LogP contribution in [0.2, 0.25) is 0 Å². The quantitative estimate of drug-likeness (QED) is 0.795. The summed E-state index contributed by atoms with van der Waals surface area (Å²) >= 11 is 0. The third-order valence-electron chi connectivity index (χ3n) is 3.11. The second-order valence-corrected chi connectivity index (χ2v) is 4.11. The van der Waals surface area contributed by atoms with Crippen LogP contribution in [0, 0.1) is 5.92 Å². The number of aromatic nitrogens is 3. The minimum atomic E-state index is 0.602. The average molecular weight is 194 g/mol. The van der Waals surface area contributed by atoms with Crippen molar-refractivity contribution in [2.24, 2.45) is 5.92 Å². The van der Waals surface area contributed by atoms with Gasteiger partial charge in [0.05, 0.1) is 5.69 Å². The first-order valence-corrected chi connectivity index (χ1v) is 5.49. The zero-order valence-corrected chi connectivity index (χ0v) is 8.74. The van der Waals surface area contributed by atoms with Gasteiger partial charge in [-0.1, -0.05) is 25.0 Å². The number of nitrogen functional groups attached to an aromatic ring is 1. The molecule has 0 radical (unpaired) electrons. The number of nitrogens with two attached hydrogens (primary N) is 1. The van der Waals surface area contributed by atoms with E-state index in [-0.39, 0.29) is 0 Å². The van der Waals surface area contributed by atoms with Crippen LogP contribution in [-0.2, 0) is 13.0 Å². The summed E-state index contributed by atoms with van der Waals surface area (Å²) in [4.78, 5) is 0. The Morgan fingerprint density at radius 3 is 2.79 bits per heavy atom. The molecule has 1 aromatic rings. The molecular formula is C10H18N4. The van der Waals surface area contributed by atoms with Crippen LogP contribution in [0.5, 0.6) is 0 Å². The van der Waals surface area contributed by atoms with Crippen LogP contribution in [-0.4, -0.2) is 15.0 Å². The molecule has 0 atom stereocenters. The molecule has 1 saturated carbocycles. The fourth-order valence-corrected chi connectivity index (χ4v) is 2.29. The topological polar surface area (TPSA) is 56.7 Å². The molecule has 0 spiro atoms. The van der Waals surface area contributed by atoms with Crippen molar-refractivity contribution >= 4 is 5.82 Å². The van der Waals surface area contributed by atoms with E-state index in [0.29, 0.717) is 5.82 Å². The molecule has 2 N–H and O–H groups in total. The number of hydrogen-bond acceptors (Lipinski definition) is 3. The van der Waals surface area contributed by atoms with E-state index in [1.807, 2.05) is 4.68 Å². The van der Waals surface area contributed by atoms with Gasteiger partial charge in [-0.3, -0.25) is 0 Å². The van der Waals surface area contributed by atoms with Crippen molar-refractivity contribution in [1.29, 1.82) is 0 Å². The molecular weight excluding hydrogens is 176 g/mol. The fourth-order valence-electron chi connectivity index (χ4n) is 2.29. The molecule has 1 heterocycles. The smallest absolute Gasteiger partial charge is 0.169 e. The Morgan fingerprint density at radius 1 is 1.43 bits per heavy atom. The van der Waals surface area contributed by atoms with Gasteiger partial charge in [0.15, 0.2) is 5.82 Å². The van der Waals surface area contributed by atoms with Gasteiger partial charge in [-0.25, -0.2) is 4.68 Å². The monoisotopic (exact) mass is 194 g/mol. The summed E-state index contributed by atoms with van der Waals surface area (Å²) in [6.07, 6.45) is 6.34. The van der Waals surface area contributed by atoms with E-state index in [2.05, 4.69) is 17.2 Å². The van der Waals surface area contributed by atoms with Crippen molar-refractivity contribution in [2.45, 2.75) is 45.6 Å². The Morgan fingerprint density at radius 2 is 2.14 bits per heavy atom. The van der Waals surface area contributed by atoms with Crippen LogP contribution in [0.4, 0.5) is 5.82 Å². The third-order valence-corrected chi connectivity index (χ3v) is 3.11. The maximum atomic E-state index is 5.73. The lowest BCUT2D eigenvalue weighted by Crippen LogP contribution is -2.12. The molecule has 0 aromatic carbocycles. The predicted octanol–water partition coefficient (Wildman–Crippen LogP) is 1.61. The summed E-state index contributed by atoms with van der Waals surface area (Å²) in [5.41, 5.74) is 6.83. The normalized spacial score (nSPS) is 17.8. The maximum absolute atomic E-state index is 5.73. The minimum absolute atomic E-state index is 0.602. The molecule has 4 nitrogen and oxygen atoms in total. The van der Waals surface area contributed by atoms with Crippen molar-refractivity contribution in [3.63, 3.8) is 0 Å². The molecule has 14 heavy (non-hydrogen) atoms. The lowest BCUT2D eigenvalue weighted by Gasteiger charge is -2.10. The van der Waals surface area contributed by atoms with Gasteiger partial charge in [-0.15, -0.1) is 5.10 Å². The minimum Gasteiger partial charge on any atom is -0.381 e. The van der Waals surface area contributed by atoms with Crippen molar-refractivity contribution in [1.82, 2.24) is 15.0 Å². The largest absolute Gasteiger partial charge is 0.381 e. The lowest BCUT2D eigenvalue weighted by atomic mass is 10.1. The molecule has 0 aliphatic heterocycles. The molecule has 4 heteroatoms. The van der Waals surface area contributed by atoms with E-state index in [1.54, 1.807) is 0 Å². The van der Waals surface area contributed by atoms with Gasteiger partial charge >= 0.3 is 0 Å². The zero-order valence-electron chi connectivity index (χ0n) is 8.74. The maximum Gasteiger partial charge on any atom is 0.169 e. The summed E-state index contributed by atoms with van der Waals surface area (Å²) < 4.78 is 1.99. The van der Waals surface area contributed by atoms with Crippen molar-refractivity contribution in [3.8, 4) is 0 Å². The van der Waals surface area contributed by atoms with E-state index in [9.17, 15) is 0 Å². The lowest BCUT2D eigenvalue weighted by molar-refractivity contribution is 0.413. The summed E-state index contributed by atoms with van der Waals surface area (Å²) in [7, 11) is 0. The number of anilines is 1. The summed E-state index contributed by atoms with van der Waals surface area (Å²) in [5, 5.41) is 8.01. The molecule has 1 aliphatic carbocycles. The molecule has 2 rings (SSSR count). The first-order chi connectivity index (χ1) is 6.81. The van der Waals surface area contributed by atoms with Crippen LogP contribution in [0.3, 0.4) is 0 Å². The number of rotatable bonds is 3. The van der Waals surface area contributed by atoms with Gasteiger partial charge < -0.3 is 5.73 Å². The highest BCUT2D eigenvalue weighted by Crippen LogP contribution is 2.26.